The van der Waals surface area contributed by atoms with E-state index >= 15 is 0 Å². The third-order valence-corrected chi connectivity index (χ3v) is 4.00. The highest BCUT2D eigenvalue weighted by Gasteiger charge is 2.08. The first kappa shape index (κ1) is 13.3. The number of rotatable bonds is 5. The molecule has 2 heterocycles. The molecule has 20 heavy (non-hydrogen) atoms. The SMILES string of the molecule is Clc1cccc(CSCc2cc(-c3ccco3)on2)c1. The lowest BCUT2D eigenvalue weighted by Gasteiger charge is -2.00. The predicted octanol–water partition coefficient (Wildman–Crippen LogP) is 5.02. The van der Waals surface area contributed by atoms with Crippen molar-refractivity contribution in [1.29, 1.82) is 0 Å². The topological polar surface area (TPSA) is 39.2 Å². The molecule has 0 saturated heterocycles. The fraction of sp³-hybridized carbons (Fsp3) is 0.133. The monoisotopic (exact) mass is 305 g/mol. The van der Waals surface area contributed by atoms with Crippen molar-refractivity contribution in [2.45, 2.75) is 11.5 Å². The number of hydrogen-bond donors (Lipinski definition) is 0. The smallest absolute Gasteiger partial charge is 0.202 e. The van der Waals surface area contributed by atoms with Crippen LogP contribution >= 0.6 is 23.4 Å². The Hall–Kier alpha value is -1.65. The van der Waals surface area contributed by atoms with Crippen molar-refractivity contribution >= 4 is 23.4 Å². The van der Waals surface area contributed by atoms with E-state index in [-0.39, 0.29) is 0 Å². The van der Waals surface area contributed by atoms with Crippen LogP contribution in [0.3, 0.4) is 0 Å². The molecule has 1 aromatic carbocycles. The summed E-state index contributed by atoms with van der Waals surface area (Å²) in [6, 6.07) is 13.5. The van der Waals surface area contributed by atoms with Crippen LogP contribution in [0.15, 0.2) is 57.7 Å². The molecule has 0 atom stereocenters. The van der Waals surface area contributed by atoms with E-state index in [9.17, 15) is 0 Å². The molecule has 102 valence electrons. The molecule has 3 aromatic rings. The molecule has 0 radical (unpaired) electrons. The molecule has 2 aromatic heterocycles. The Kier molecular flexibility index (Phi) is 4.14. The van der Waals surface area contributed by atoms with Gasteiger partial charge in [-0.3, -0.25) is 0 Å². The van der Waals surface area contributed by atoms with Gasteiger partial charge in [-0.05, 0) is 29.8 Å². The maximum atomic E-state index is 5.95. The molecule has 0 amide bonds. The quantitative estimate of drug-likeness (QED) is 0.663. The standard InChI is InChI=1S/C15H12ClNO2S/c16-12-4-1-3-11(7-12)9-20-10-13-8-15(19-17-13)14-5-2-6-18-14/h1-8H,9-10H2. The molecular formula is C15H12ClNO2S. The molecule has 0 fully saturated rings. The molecule has 0 N–H and O–H groups in total. The van der Waals surface area contributed by atoms with Gasteiger partial charge in [-0.25, -0.2) is 0 Å². The summed E-state index contributed by atoms with van der Waals surface area (Å²) in [6.07, 6.45) is 1.62. The fourth-order valence-corrected chi connectivity index (χ4v) is 2.89. The summed E-state index contributed by atoms with van der Waals surface area (Å²) in [5.74, 6) is 3.04. The van der Waals surface area contributed by atoms with Crippen molar-refractivity contribution in [2.24, 2.45) is 0 Å². The van der Waals surface area contributed by atoms with Gasteiger partial charge in [0, 0.05) is 22.6 Å². The van der Waals surface area contributed by atoms with Crippen molar-refractivity contribution in [1.82, 2.24) is 5.16 Å². The van der Waals surface area contributed by atoms with Gasteiger partial charge in [-0.2, -0.15) is 11.8 Å². The zero-order valence-electron chi connectivity index (χ0n) is 10.6. The molecule has 0 aliphatic heterocycles. The lowest BCUT2D eigenvalue weighted by Crippen LogP contribution is -1.83. The van der Waals surface area contributed by atoms with Crippen molar-refractivity contribution in [3.63, 3.8) is 0 Å². The minimum atomic E-state index is 0.661. The summed E-state index contributed by atoms with van der Waals surface area (Å²) in [6.45, 7) is 0. The molecule has 3 rings (SSSR count). The number of thioether (sulfide) groups is 1. The van der Waals surface area contributed by atoms with E-state index in [0.29, 0.717) is 11.5 Å². The average Bonchev–Trinajstić information content (AvgIpc) is 3.09. The zero-order valence-corrected chi connectivity index (χ0v) is 12.2. The largest absolute Gasteiger partial charge is 0.461 e. The summed E-state index contributed by atoms with van der Waals surface area (Å²) < 4.78 is 10.5. The van der Waals surface area contributed by atoms with Crippen LogP contribution in [0.2, 0.25) is 5.02 Å². The number of aromatic nitrogens is 1. The van der Waals surface area contributed by atoms with E-state index in [1.807, 2.05) is 36.4 Å². The number of furan rings is 1. The van der Waals surface area contributed by atoms with Gasteiger partial charge in [0.25, 0.3) is 0 Å². The van der Waals surface area contributed by atoms with Crippen LogP contribution in [-0.2, 0) is 11.5 Å². The van der Waals surface area contributed by atoms with E-state index in [2.05, 4.69) is 11.2 Å². The van der Waals surface area contributed by atoms with Crippen molar-refractivity contribution in [3.8, 4) is 11.5 Å². The van der Waals surface area contributed by atoms with Crippen molar-refractivity contribution in [2.75, 3.05) is 0 Å². The van der Waals surface area contributed by atoms with Gasteiger partial charge in [0.15, 0.2) is 5.76 Å². The minimum absolute atomic E-state index is 0.661. The highest BCUT2D eigenvalue weighted by Crippen LogP contribution is 2.24. The Labute approximate surface area is 125 Å². The Bertz CT molecular complexity index is 679. The third kappa shape index (κ3) is 3.26. The lowest BCUT2D eigenvalue weighted by atomic mass is 10.2. The molecular weight excluding hydrogens is 294 g/mol. The number of benzene rings is 1. The van der Waals surface area contributed by atoms with Gasteiger partial charge < -0.3 is 8.94 Å². The van der Waals surface area contributed by atoms with Crippen LogP contribution in [0, 0.1) is 0 Å². The summed E-state index contributed by atoms with van der Waals surface area (Å²) in [5, 5.41) is 4.81. The molecule has 5 heteroatoms. The first-order chi connectivity index (χ1) is 9.81. The van der Waals surface area contributed by atoms with Crippen molar-refractivity contribution in [3.05, 3.63) is 65.0 Å². The zero-order chi connectivity index (χ0) is 13.8. The van der Waals surface area contributed by atoms with E-state index in [1.165, 1.54) is 5.56 Å². The van der Waals surface area contributed by atoms with E-state index in [0.717, 1.165) is 22.2 Å². The molecule has 0 bridgehead atoms. The number of halogens is 1. The average molecular weight is 306 g/mol. The van der Waals surface area contributed by atoms with Gasteiger partial charge in [0.1, 0.15) is 0 Å². The van der Waals surface area contributed by atoms with Gasteiger partial charge in [0.05, 0.1) is 12.0 Å². The minimum Gasteiger partial charge on any atom is -0.461 e. The molecule has 3 nitrogen and oxygen atoms in total. The molecule has 0 saturated carbocycles. The van der Waals surface area contributed by atoms with E-state index < -0.39 is 0 Å². The van der Waals surface area contributed by atoms with Crippen LogP contribution in [0.4, 0.5) is 0 Å². The Morgan fingerprint density at radius 1 is 1.05 bits per heavy atom. The van der Waals surface area contributed by atoms with Crippen LogP contribution in [0.25, 0.3) is 11.5 Å². The Balaban J connectivity index is 1.57. The summed E-state index contributed by atoms with van der Waals surface area (Å²) in [7, 11) is 0. The number of hydrogen-bond acceptors (Lipinski definition) is 4. The van der Waals surface area contributed by atoms with E-state index in [1.54, 1.807) is 18.0 Å². The van der Waals surface area contributed by atoms with Gasteiger partial charge in [-0.15, -0.1) is 0 Å². The summed E-state index contributed by atoms with van der Waals surface area (Å²) in [5.41, 5.74) is 2.11. The van der Waals surface area contributed by atoms with Crippen molar-refractivity contribution < 1.29 is 8.94 Å². The first-order valence-electron chi connectivity index (χ1n) is 6.13. The summed E-state index contributed by atoms with van der Waals surface area (Å²) >= 11 is 7.72. The molecule has 0 unspecified atom stereocenters. The third-order valence-electron chi connectivity index (χ3n) is 2.73. The van der Waals surface area contributed by atoms with E-state index in [4.69, 9.17) is 20.5 Å². The highest BCUT2D eigenvalue weighted by molar-refractivity contribution is 7.97. The molecule has 0 spiro atoms. The van der Waals surface area contributed by atoms with Crippen LogP contribution < -0.4 is 0 Å². The second-order valence-electron chi connectivity index (χ2n) is 4.28. The maximum absolute atomic E-state index is 5.95. The summed E-state index contributed by atoms with van der Waals surface area (Å²) in [4.78, 5) is 0. The first-order valence-corrected chi connectivity index (χ1v) is 7.66. The predicted molar refractivity (Wildman–Crippen MR) is 80.7 cm³/mol. The highest BCUT2D eigenvalue weighted by atomic mass is 35.5. The Morgan fingerprint density at radius 2 is 2.00 bits per heavy atom. The molecule has 0 aliphatic carbocycles. The van der Waals surface area contributed by atoms with Gasteiger partial charge in [-0.1, -0.05) is 28.9 Å². The lowest BCUT2D eigenvalue weighted by molar-refractivity contribution is 0.413. The van der Waals surface area contributed by atoms with Gasteiger partial charge >= 0.3 is 0 Å². The maximum Gasteiger partial charge on any atom is 0.202 e. The Morgan fingerprint density at radius 3 is 2.80 bits per heavy atom. The molecule has 0 aliphatic rings. The van der Waals surface area contributed by atoms with Crippen LogP contribution in [-0.4, -0.2) is 5.16 Å². The van der Waals surface area contributed by atoms with Crippen LogP contribution in [0.1, 0.15) is 11.3 Å². The van der Waals surface area contributed by atoms with Crippen LogP contribution in [0.5, 0.6) is 0 Å². The normalized spacial score (nSPS) is 10.8. The number of nitrogens with zero attached hydrogens (tertiary/aromatic N) is 1. The fourth-order valence-electron chi connectivity index (χ4n) is 1.81. The van der Waals surface area contributed by atoms with Gasteiger partial charge in [0.2, 0.25) is 5.76 Å². The second kappa shape index (κ2) is 6.20. The second-order valence-corrected chi connectivity index (χ2v) is 5.70.